The summed E-state index contributed by atoms with van der Waals surface area (Å²) >= 11 is 6.42. The Bertz CT molecular complexity index is 1070. The molecule has 1 heterocycles. The molecule has 0 aliphatic carbocycles. The molecule has 0 bridgehead atoms. The summed E-state index contributed by atoms with van der Waals surface area (Å²) in [4.78, 5) is 16.2. The number of hydrogen-bond acceptors (Lipinski definition) is 5. The van der Waals surface area contributed by atoms with Gasteiger partial charge in [-0.25, -0.2) is 14.2 Å². The maximum absolute atomic E-state index is 13.3. The molecular weight excluding hydrogens is 409 g/mol. The van der Waals surface area contributed by atoms with Gasteiger partial charge in [-0.05, 0) is 56.2 Å². The Morgan fingerprint density at radius 3 is 2.50 bits per heavy atom. The summed E-state index contributed by atoms with van der Waals surface area (Å²) in [5.74, 6) is 0.152. The number of methoxy groups -OCH3 is 1. The smallest absolute Gasteiger partial charge is 0.343 e. The molecule has 0 spiro atoms. The van der Waals surface area contributed by atoms with Gasteiger partial charge in [0.05, 0.1) is 23.8 Å². The number of esters is 1. The Labute approximate surface area is 179 Å². The summed E-state index contributed by atoms with van der Waals surface area (Å²) in [6.45, 7) is 5.53. The lowest BCUT2D eigenvalue weighted by atomic mass is 9.97. The number of carbonyl (C=O) groups is 1. The molecule has 0 aliphatic heterocycles. The summed E-state index contributed by atoms with van der Waals surface area (Å²) in [5.41, 5.74) is 3.14. The van der Waals surface area contributed by atoms with Crippen LogP contribution in [0.25, 0.3) is 10.9 Å². The number of aromatic nitrogens is 1. The SMILES string of the molecule is COC(=O)COc1ccc(Cl)c2nc(OC(C)C)c(Cc3ccc(F)cc3)c(C)c12. The molecule has 1 aromatic heterocycles. The van der Waals surface area contributed by atoms with Crippen LogP contribution in [0, 0.1) is 12.7 Å². The van der Waals surface area contributed by atoms with Crippen molar-refractivity contribution >= 4 is 28.5 Å². The first kappa shape index (κ1) is 21.8. The molecular formula is C23H23ClFNO4. The zero-order valence-corrected chi connectivity index (χ0v) is 18.0. The standard InChI is InChI=1S/C23H23ClFNO4/c1-13(2)30-23-17(11-15-5-7-16(25)8-6-15)14(3)21-19(29-12-20(27)28-4)10-9-18(24)22(21)26-23/h5-10,13H,11-12H2,1-4H3. The quantitative estimate of drug-likeness (QED) is 0.477. The van der Waals surface area contributed by atoms with Gasteiger partial charge in [-0.15, -0.1) is 0 Å². The number of ether oxygens (including phenoxy) is 3. The minimum absolute atomic E-state index is 0.0983. The highest BCUT2D eigenvalue weighted by Gasteiger charge is 2.20. The van der Waals surface area contributed by atoms with Gasteiger partial charge in [-0.1, -0.05) is 23.7 Å². The Kier molecular flexibility index (Phi) is 6.77. The van der Waals surface area contributed by atoms with E-state index in [1.54, 1.807) is 24.3 Å². The maximum atomic E-state index is 13.3. The van der Waals surface area contributed by atoms with Gasteiger partial charge in [0.25, 0.3) is 0 Å². The molecule has 0 saturated carbocycles. The van der Waals surface area contributed by atoms with E-state index >= 15 is 0 Å². The predicted octanol–water partition coefficient (Wildman–Crippen LogP) is 5.27. The summed E-state index contributed by atoms with van der Waals surface area (Å²) in [7, 11) is 1.30. The van der Waals surface area contributed by atoms with Gasteiger partial charge >= 0.3 is 5.97 Å². The molecule has 30 heavy (non-hydrogen) atoms. The van der Waals surface area contributed by atoms with Crippen LogP contribution in [0.15, 0.2) is 36.4 Å². The van der Waals surface area contributed by atoms with Crippen LogP contribution in [0.3, 0.4) is 0 Å². The Hall–Kier alpha value is -2.86. The van der Waals surface area contributed by atoms with E-state index in [9.17, 15) is 9.18 Å². The number of halogens is 2. The number of hydrogen-bond donors (Lipinski definition) is 0. The average molecular weight is 432 g/mol. The van der Waals surface area contributed by atoms with Gasteiger partial charge in [0.1, 0.15) is 11.6 Å². The Morgan fingerprint density at radius 1 is 1.17 bits per heavy atom. The van der Waals surface area contributed by atoms with Crippen LogP contribution in [0.1, 0.15) is 30.5 Å². The molecule has 3 aromatic rings. The normalized spacial score (nSPS) is 11.0. The van der Waals surface area contributed by atoms with Crippen molar-refractivity contribution in [3.8, 4) is 11.6 Å². The van der Waals surface area contributed by atoms with E-state index in [2.05, 4.69) is 9.72 Å². The van der Waals surface area contributed by atoms with Crippen molar-refractivity contribution in [2.75, 3.05) is 13.7 Å². The first-order valence-electron chi connectivity index (χ1n) is 9.52. The first-order chi connectivity index (χ1) is 14.3. The third-order valence-corrected chi connectivity index (χ3v) is 4.91. The Morgan fingerprint density at radius 2 is 1.87 bits per heavy atom. The molecule has 7 heteroatoms. The molecule has 3 rings (SSSR count). The molecule has 0 fully saturated rings. The molecule has 158 valence electrons. The van der Waals surface area contributed by atoms with Crippen LogP contribution in [0.5, 0.6) is 11.6 Å². The van der Waals surface area contributed by atoms with Crippen molar-refractivity contribution in [2.45, 2.75) is 33.3 Å². The Balaban J connectivity index is 2.16. The molecule has 0 unspecified atom stereocenters. The molecule has 2 aromatic carbocycles. The van der Waals surface area contributed by atoms with Gasteiger partial charge in [0.2, 0.25) is 5.88 Å². The predicted molar refractivity (Wildman–Crippen MR) is 114 cm³/mol. The monoisotopic (exact) mass is 431 g/mol. The van der Waals surface area contributed by atoms with E-state index in [1.807, 2.05) is 20.8 Å². The number of carbonyl (C=O) groups excluding carboxylic acids is 1. The summed E-state index contributed by atoms with van der Waals surface area (Å²) in [6, 6.07) is 9.66. The zero-order chi connectivity index (χ0) is 21.8. The molecule has 0 atom stereocenters. The van der Waals surface area contributed by atoms with Crippen molar-refractivity contribution in [3.63, 3.8) is 0 Å². The lowest BCUT2D eigenvalue weighted by molar-refractivity contribution is -0.142. The summed E-state index contributed by atoms with van der Waals surface area (Å²) in [6.07, 6.45) is 0.388. The first-order valence-corrected chi connectivity index (χ1v) is 9.90. The van der Waals surface area contributed by atoms with Crippen LogP contribution >= 0.6 is 11.6 Å². The fourth-order valence-corrected chi connectivity index (χ4v) is 3.35. The second kappa shape index (κ2) is 9.30. The number of benzene rings is 2. The number of pyridine rings is 1. The molecule has 0 N–H and O–H groups in total. The third kappa shape index (κ3) is 4.82. The second-order valence-electron chi connectivity index (χ2n) is 7.12. The van der Waals surface area contributed by atoms with E-state index in [-0.39, 0.29) is 18.5 Å². The van der Waals surface area contributed by atoms with Crippen LogP contribution in [-0.4, -0.2) is 30.8 Å². The zero-order valence-electron chi connectivity index (χ0n) is 17.3. The van der Waals surface area contributed by atoms with Gasteiger partial charge in [-0.2, -0.15) is 0 Å². The number of fused-ring (bicyclic) bond motifs is 1. The minimum Gasteiger partial charge on any atom is -0.481 e. The van der Waals surface area contributed by atoms with Crippen LogP contribution in [0.2, 0.25) is 5.02 Å². The fourth-order valence-electron chi connectivity index (χ4n) is 3.15. The summed E-state index contributed by atoms with van der Waals surface area (Å²) < 4.78 is 29.7. The molecule has 0 radical (unpaired) electrons. The molecule has 0 aliphatic rings. The lowest BCUT2D eigenvalue weighted by Gasteiger charge is -2.19. The maximum Gasteiger partial charge on any atom is 0.343 e. The van der Waals surface area contributed by atoms with Crippen molar-refractivity contribution in [1.29, 1.82) is 0 Å². The highest BCUT2D eigenvalue weighted by molar-refractivity contribution is 6.35. The van der Waals surface area contributed by atoms with Crippen LogP contribution in [-0.2, 0) is 16.0 Å². The van der Waals surface area contributed by atoms with Gasteiger partial charge in [0.15, 0.2) is 6.61 Å². The number of aryl methyl sites for hydroxylation is 1. The van der Waals surface area contributed by atoms with Gasteiger partial charge < -0.3 is 14.2 Å². The number of rotatable bonds is 7. The van der Waals surface area contributed by atoms with E-state index in [1.165, 1.54) is 19.2 Å². The molecule has 0 amide bonds. The molecule has 5 nitrogen and oxygen atoms in total. The van der Waals surface area contributed by atoms with Crippen LogP contribution < -0.4 is 9.47 Å². The number of nitrogens with zero attached hydrogens (tertiary/aromatic N) is 1. The minimum atomic E-state index is -0.491. The van der Waals surface area contributed by atoms with Gasteiger partial charge in [-0.3, -0.25) is 0 Å². The van der Waals surface area contributed by atoms with Crippen molar-refractivity contribution in [1.82, 2.24) is 4.98 Å². The topological polar surface area (TPSA) is 57.7 Å². The van der Waals surface area contributed by atoms with E-state index in [4.69, 9.17) is 21.1 Å². The van der Waals surface area contributed by atoms with E-state index in [0.29, 0.717) is 34.0 Å². The average Bonchev–Trinajstić information content (AvgIpc) is 2.71. The highest BCUT2D eigenvalue weighted by atomic mass is 35.5. The largest absolute Gasteiger partial charge is 0.481 e. The van der Waals surface area contributed by atoms with E-state index in [0.717, 1.165) is 16.7 Å². The molecule has 0 saturated heterocycles. The van der Waals surface area contributed by atoms with E-state index < -0.39 is 5.97 Å². The third-order valence-electron chi connectivity index (χ3n) is 4.60. The fraction of sp³-hybridized carbons (Fsp3) is 0.304. The van der Waals surface area contributed by atoms with Crippen molar-refractivity contribution < 1.29 is 23.4 Å². The lowest BCUT2D eigenvalue weighted by Crippen LogP contribution is -2.14. The van der Waals surface area contributed by atoms with Crippen molar-refractivity contribution in [2.24, 2.45) is 0 Å². The van der Waals surface area contributed by atoms with Gasteiger partial charge in [0, 0.05) is 17.4 Å². The summed E-state index contributed by atoms with van der Waals surface area (Å²) in [5, 5.41) is 1.14. The second-order valence-corrected chi connectivity index (χ2v) is 7.53. The van der Waals surface area contributed by atoms with Crippen LogP contribution in [0.4, 0.5) is 4.39 Å². The van der Waals surface area contributed by atoms with Crippen molar-refractivity contribution in [3.05, 3.63) is 63.9 Å². The highest BCUT2D eigenvalue weighted by Crippen LogP contribution is 2.38.